The summed E-state index contributed by atoms with van der Waals surface area (Å²) in [7, 11) is 0.983. The van der Waals surface area contributed by atoms with Gasteiger partial charge in [0.2, 0.25) is 0 Å². The number of nitrogens with one attached hydrogen (secondary N) is 1. The summed E-state index contributed by atoms with van der Waals surface area (Å²) in [4.78, 5) is 2.18. The molecule has 0 saturated carbocycles. The number of sulfone groups is 1. The molecule has 0 aromatic carbocycles. The van der Waals surface area contributed by atoms with E-state index in [-0.39, 0.29) is 6.04 Å². The number of ether oxygens (including phenoxy) is 1. The Balaban J connectivity index is 1.80. The standard InChI is InChI=1S/C11H22N2O3S/c1-13(10-3-4-17(14,15)8-10)7-9-5-11(16-2)6-12-9/h9-12H,3-8H2,1-2H3. The van der Waals surface area contributed by atoms with Crippen molar-refractivity contribution in [3.63, 3.8) is 0 Å². The van der Waals surface area contributed by atoms with E-state index in [4.69, 9.17) is 4.74 Å². The van der Waals surface area contributed by atoms with Gasteiger partial charge in [0.1, 0.15) is 0 Å². The molecule has 0 aromatic rings. The third-order valence-corrected chi connectivity index (χ3v) is 5.61. The van der Waals surface area contributed by atoms with Crippen molar-refractivity contribution in [3.8, 4) is 0 Å². The predicted molar refractivity (Wildman–Crippen MR) is 66.9 cm³/mol. The van der Waals surface area contributed by atoms with E-state index in [9.17, 15) is 8.42 Å². The Labute approximate surface area is 103 Å². The van der Waals surface area contributed by atoms with Crippen LogP contribution < -0.4 is 5.32 Å². The molecule has 1 N–H and O–H groups in total. The Morgan fingerprint density at radius 2 is 2.24 bits per heavy atom. The summed E-state index contributed by atoms with van der Waals surface area (Å²) >= 11 is 0. The lowest BCUT2D eigenvalue weighted by atomic mass is 10.1. The molecule has 2 rings (SSSR count). The third kappa shape index (κ3) is 3.40. The predicted octanol–water partition coefficient (Wildman–Crippen LogP) is -0.518. The van der Waals surface area contributed by atoms with Gasteiger partial charge in [-0.15, -0.1) is 0 Å². The molecule has 0 spiro atoms. The number of nitrogens with zero attached hydrogens (tertiary/aromatic N) is 1. The average Bonchev–Trinajstić information content (AvgIpc) is 2.84. The first-order chi connectivity index (χ1) is 8.00. The lowest BCUT2D eigenvalue weighted by Gasteiger charge is -2.26. The fourth-order valence-electron chi connectivity index (χ4n) is 2.72. The zero-order chi connectivity index (χ0) is 12.5. The van der Waals surface area contributed by atoms with Crippen molar-refractivity contribution < 1.29 is 13.2 Å². The Morgan fingerprint density at radius 3 is 2.76 bits per heavy atom. The molecule has 6 heteroatoms. The van der Waals surface area contributed by atoms with Crippen LogP contribution in [0.1, 0.15) is 12.8 Å². The largest absolute Gasteiger partial charge is 0.380 e. The Kier molecular flexibility index (Phi) is 4.07. The summed E-state index contributed by atoms with van der Waals surface area (Å²) < 4.78 is 28.1. The van der Waals surface area contributed by atoms with E-state index in [2.05, 4.69) is 10.2 Å². The van der Waals surface area contributed by atoms with Crippen molar-refractivity contribution in [1.29, 1.82) is 0 Å². The first-order valence-electron chi connectivity index (χ1n) is 6.17. The van der Waals surface area contributed by atoms with E-state index in [1.807, 2.05) is 7.05 Å². The number of hydrogen-bond acceptors (Lipinski definition) is 5. The lowest BCUT2D eigenvalue weighted by molar-refractivity contribution is 0.115. The van der Waals surface area contributed by atoms with Crippen LogP contribution in [0, 0.1) is 0 Å². The fourth-order valence-corrected chi connectivity index (χ4v) is 4.53. The second-order valence-electron chi connectivity index (χ2n) is 5.20. The van der Waals surface area contributed by atoms with Gasteiger partial charge in [0, 0.05) is 32.3 Å². The summed E-state index contributed by atoms with van der Waals surface area (Å²) in [6.45, 7) is 1.80. The van der Waals surface area contributed by atoms with E-state index in [1.165, 1.54) is 0 Å². The molecule has 2 fully saturated rings. The van der Waals surface area contributed by atoms with Gasteiger partial charge in [-0.25, -0.2) is 8.42 Å². The topological polar surface area (TPSA) is 58.6 Å². The van der Waals surface area contributed by atoms with Crippen molar-refractivity contribution in [2.45, 2.75) is 31.0 Å². The average molecular weight is 262 g/mol. The molecule has 0 radical (unpaired) electrons. The Hall–Kier alpha value is -0.170. The Morgan fingerprint density at radius 1 is 1.47 bits per heavy atom. The van der Waals surface area contributed by atoms with Gasteiger partial charge < -0.3 is 15.0 Å². The summed E-state index contributed by atoms with van der Waals surface area (Å²) in [5, 5.41) is 3.42. The van der Waals surface area contributed by atoms with Crippen LogP contribution in [-0.4, -0.2) is 70.3 Å². The molecule has 100 valence electrons. The first-order valence-corrected chi connectivity index (χ1v) is 7.99. The van der Waals surface area contributed by atoms with Crippen LogP contribution in [0.25, 0.3) is 0 Å². The number of hydrogen-bond donors (Lipinski definition) is 1. The van der Waals surface area contributed by atoms with Gasteiger partial charge in [-0.2, -0.15) is 0 Å². The van der Waals surface area contributed by atoms with Gasteiger partial charge in [0.25, 0.3) is 0 Å². The molecular formula is C11H22N2O3S. The van der Waals surface area contributed by atoms with Crippen molar-refractivity contribution >= 4 is 9.84 Å². The summed E-state index contributed by atoms with van der Waals surface area (Å²) in [5.74, 6) is 0.671. The second-order valence-corrected chi connectivity index (χ2v) is 7.42. The maximum absolute atomic E-state index is 11.4. The highest BCUT2D eigenvalue weighted by molar-refractivity contribution is 7.91. The zero-order valence-electron chi connectivity index (χ0n) is 10.6. The van der Waals surface area contributed by atoms with Crippen LogP contribution in [0.3, 0.4) is 0 Å². The summed E-state index contributed by atoms with van der Waals surface area (Å²) in [6.07, 6.45) is 2.10. The highest BCUT2D eigenvalue weighted by atomic mass is 32.2. The van der Waals surface area contributed by atoms with Gasteiger partial charge in [-0.3, -0.25) is 0 Å². The van der Waals surface area contributed by atoms with Crippen LogP contribution in [-0.2, 0) is 14.6 Å². The second kappa shape index (κ2) is 5.22. The monoisotopic (exact) mass is 262 g/mol. The smallest absolute Gasteiger partial charge is 0.151 e. The number of rotatable bonds is 4. The van der Waals surface area contributed by atoms with Gasteiger partial charge in [-0.05, 0) is 19.9 Å². The minimum absolute atomic E-state index is 0.198. The molecule has 5 nitrogen and oxygen atoms in total. The van der Waals surface area contributed by atoms with Crippen LogP contribution in [0.4, 0.5) is 0 Å². The van der Waals surface area contributed by atoms with E-state index in [0.29, 0.717) is 23.7 Å². The molecule has 2 saturated heterocycles. The van der Waals surface area contributed by atoms with Gasteiger partial charge in [-0.1, -0.05) is 0 Å². The Bertz CT molecular complexity index is 358. The highest BCUT2D eigenvalue weighted by Crippen LogP contribution is 2.18. The lowest BCUT2D eigenvalue weighted by Crippen LogP contribution is -2.41. The van der Waals surface area contributed by atoms with Crippen LogP contribution in [0.5, 0.6) is 0 Å². The molecule has 2 aliphatic rings. The van der Waals surface area contributed by atoms with E-state index in [0.717, 1.165) is 25.9 Å². The number of likely N-dealkylation sites (N-methyl/N-ethyl adjacent to an activating group) is 1. The van der Waals surface area contributed by atoms with Gasteiger partial charge in [0.05, 0.1) is 17.6 Å². The van der Waals surface area contributed by atoms with E-state index in [1.54, 1.807) is 7.11 Å². The van der Waals surface area contributed by atoms with Crippen molar-refractivity contribution in [2.75, 3.05) is 38.8 Å². The summed E-state index contributed by atoms with van der Waals surface area (Å²) in [5.41, 5.74) is 0. The minimum atomic E-state index is -2.78. The molecule has 2 heterocycles. The van der Waals surface area contributed by atoms with Crippen LogP contribution in [0.15, 0.2) is 0 Å². The normalized spacial score (nSPS) is 36.8. The molecule has 2 aliphatic heterocycles. The molecular weight excluding hydrogens is 240 g/mol. The quantitative estimate of drug-likeness (QED) is 0.739. The molecule has 3 unspecified atom stereocenters. The van der Waals surface area contributed by atoms with Gasteiger partial charge in [0.15, 0.2) is 9.84 Å². The zero-order valence-corrected chi connectivity index (χ0v) is 11.4. The van der Waals surface area contributed by atoms with Crippen molar-refractivity contribution in [1.82, 2.24) is 10.2 Å². The molecule has 17 heavy (non-hydrogen) atoms. The number of methoxy groups -OCH3 is 1. The first kappa shape index (κ1) is 13.3. The van der Waals surface area contributed by atoms with E-state index >= 15 is 0 Å². The molecule has 3 atom stereocenters. The third-order valence-electron chi connectivity index (χ3n) is 3.86. The molecule has 0 bridgehead atoms. The summed E-state index contributed by atoms with van der Waals surface area (Å²) in [6, 6.07) is 0.622. The SMILES string of the molecule is COC1CNC(CN(C)C2CCS(=O)(=O)C2)C1. The molecule has 0 aromatic heterocycles. The maximum atomic E-state index is 11.4. The van der Waals surface area contributed by atoms with Crippen LogP contribution in [0.2, 0.25) is 0 Å². The van der Waals surface area contributed by atoms with Gasteiger partial charge >= 0.3 is 0 Å². The fraction of sp³-hybridized carbons (Fsp3) is 1.00. The maximum Gasteiger partial charge on any atom is 0.151 e. The minimum Gasteiger partial charge on any atom is -0.380 e. The highest BCUT2D eigenvalue weighted by Gasteiger charge is 2.32. The van der Waals surface area contributed by atoms with Crippen molar-refractivity contribution in [3.05, 3.63) is 0 Å². The van der Waals surface area contributed by atoms with Crippen LogP contribution >= 0.6 is 0 Å². The molecule has 0 amide bonds. The van der Waals surface area contributed by atoms with E-state index < -0.39 is 9.84 Å². The molecule has 0 aliphatic carbocycles. The van der Waals surface area contributed by atoms with Crippen molar-refractivity contribution in [2.24, 2.45) is 0 Å².